The second kappa shape index (κ2) is 8.62. The summed E-state index contributed by atoms with van der Waals surface area (Å²) < 4.78 is 13.0. The number of para-hydroxylation sites is 1. The Hall–Kier alpha value is -2.41. The fraction of sp³-hybridized carbons (Fsp3) is 0.500. The highest BCUT2D eigenvalue weighted by Crippen LogP contribution is 2.15. The number of hydrogen-bond acceptors (Lipinski definition) is 5. The maximum absolute atomic E-state index is 12.0. The molecule has 1 amide bonds. The smallest absolute Gasteiger partial charge is 0.246 e. The fourth-order valence-electron chi connectivity index (χ4n) is 2.93. The minimum atomic E-state index is -0.0979. The third kappa shape index (κ3) is 4.79. The molecule has 134 valence electrons. The third-order valence-electron chi connectivity index (χ3n) is 4.18. The quantitative estimate of drug-likeness (QED) is 0.732. The van der Waals surface area contributed by atoms with E-state index >= 15 is 0 Å². The summed E-state index contributed by atoms with van der Waals surface area (Å²) in [4.78, 5) is 12.0. The topological polar surface area (TPSA) is 78.3 Å². The van der Waals surface area contributed by atoms with Crippen molar-refractivity contribution in [3.63, 3.8) is 0 Å². The number of hydrogen-bond donors (Lipinski definition) is 1. The number of nitrogens with zero attached hydrogens (tertiary/aromatic N) is 3. The van der Waals surface area contributed by atoms with Crippen LogP contribution in [0.4, 0.5) is 0 Å². The number of rotatable bonds is 8. The Morgan fingerprint density at radius 1 is 1.28 bits per heavy atom. The van der Waals surface area contributed by atoms with Crippen LogP contribution in [0.5, 0.6) is 5.75 Å². The fourth-order valence-corrected chi connectivity index (χ4v) is 2.93. The lowest BCUT2D eigenvalue weighted by Gasteiger charge is -2.25. The molecule has 1 N–H and O–H groups in total. The Morgan fingerprint density at radius 2 is 2.12 bits per heavy atom. The monoisotopic (exact) mass is 344 g/mol. The summed E-state index contributed by atoms with van der Waals surface area (Å²) in [5.41, 5.74) is 0. The van der Waals surface area contributed by atoms with Crippen LogP contribution in [-0.2, 0) is 28.9 Å². The van der Waals surface area contributed by atoms with Crippen LogP contribution in [-0.4, -0.2) is 46.5 Å². The molecule has 1 aliphatic rings. The van der Waals surface area contributed by atoms with Crippen molar-refractivity contribution < 1.29 is 14.3 Å². The normalized spacial score (nSPS) is 16.3. The number of aromatic nitrogens is 3. The average Bonchev–Trinajstić information content (AvgIpc) is 3.04. The molecule has 1 aliphatic heterocycles. The van der Waals surface area contributed by atoms with Crippen LogP contribution in [0.1, 0.15) is 25.0 Å². The van der Waals surface area contributed by atoms with E-state index in [0.29, 0.717) is 13.2 Å². The number of carbonyl (C=O) groups is 1. The second-order valence-corrected chi connectivity index (χ2v) is 6.01. The Bertz CT molecular complexity index is 673. The number of carbonyl (C=O) groups excluding carboxylic acids is 1. The van der Waals surface area contributed by atoms with E-state index in [-0.39, 0.29) is 18.6 Å². The van der Waals surface area contributed by atoms with E-state index < -0.39 is 0 Å². The van der Waals surface area contributed by atoms with Crippen LogP contribution >= 0.6 is 0 Å². The van der Waals surface area contributed by atoms with Crippen molar-refractivity contribution in [3.8, 4) is 5.75 Å². The first-order valence-electron chi connectivity index (χ1n) is 8.72. The molecule has 0 fully saturated rings. The first kappa shape index (κ1) is 17.4. The van der Waals surface area contributed by atoms with Crippen molar-refractivity contribution in [2.75, 3.05) is 19.8 Å². The van der Waals surface area contributed by atoms with E-state index in [4.69, 9.17) is 9.47 Å². The van der Waals surface area contributed by atoms with Gasteiger partial charge in [-0.3, -0.25) is 4.79 Å². The van der Waals surface area contributed by atoms with Gasteiger partial charge in [-0.25, -0.2) is 0 Å². The van der Waals surface area contributed by atoms with Crippen LogP contribution in [0, 0.1) is 0 Å². The van der Waals surface area contributed by atoms with Gasteiger partial charge in [-0.1, -0.05) is 25.1 Å². The number of ether oxygens (including phenoxy) is 2. The minimum Gasteiger partial charge on any atom is -0.491 e. The highest BCUT2D eigenvalue weighted by atomic mass is 16.5. The largest absolute Gasteiger partial charge is 0.491 e. The van der Waals surface area contributed by atoms with Crippen LogP contribution in [0.15, 0.2) is 30.3 Å². The first-order valence-corrected chi connectivity index (χ1v) is 8.72. The molecule has 7 heteroatoms. The van der Waals surface area contributed by atoms with Crippen molar-refractivity contribution in [2.45, 2.75) is 38.8 Å². The molecule has 0 bridgehead atoms. The molecule has 7 nitrogen and oxygen atoms in total. The second-order valence-electron chi connectivity index (χ2n) is 6.01. The number of nitrogens with one attached hydrogen (secondary N) is 1. The highest BCUT2D eigenvalue weighted by Gasteiger charge is 2.23. The minimum absolute atomic E-state index is 0.0460. The van der Waals surface area contributed by atoms with Gasteiger partial charge in [-0.05, 0) is 18.6 Å². The molecule has 1 atom stereocenters. The molecule has 2 aromatic rings. The molecule has 0 radical (unpaired) electrons. The number of amides is 1. The summed E-state index contributed by atoms with van der Waals surface area (Å²) in [6.45, 7) is 3.64. The van der Waals surface area contributed by atoms with Crippen LogP contribution in [0.3, 0.4) is 0 Å². The van der Waals surface area contributed by atoms with Crippen molar-refractivity contribution in [1.29, 1.82) is 0 Å². The van der Waals surface area contributed by atoms with Gasteiger partial charge in [-0.2, -0.15) is 0 Å². The zero-order valence-electron chi connectivity index (χ0n) is 14.5. The van der Waals surface area contributed by atoms with Gasteiger partial charge in [0.1, 0.15) is 30.6 Å². The average molecular weight is 344 g/mol. The van der Waals surface area contributed by atoms with Gasteiger partial charge in [0.15, 0.2) is 0 Å². The van der Waals surface area contributed by atoms with E-state index in [1.165, 1.54) is 0 Å². The van der Waals surface area contributed by atoms with Crippen LogP contribution in [0.25, 0.3) is 0 Å². The van der Waals surface area contributed by atoms with Gasteiger partial charge in [0.25, 0.3) is 0 Å². The van der Waals surface area contributed by atoms with Gasteiger partial charge in [0.05, 0.1) is 6.61 Å². The van der Waals surface area contributed by atoms with Gasteiger partial charge < -0.3 is 19.4 Å². The lowest BCUT2D eigenvalue weighted by atomic mass is 10.1. The lowest BCUT2D eigenvalue weighted by molar-refractivity contribution is -0.126. The maximum Gasteiger partial charge on any atom is 0.246 e. The number of benzene rings is 1. The molecule has 25 heavy (non-hydrogen) atoms. The Morgan fingerprint density at radius 3 is 2.92 bits per heavy atom. The zero-order valence-corrected chi connectivity index (χ0v) is 14.5. The van der Waals surface area contributed by atoms with E-state index in [9.17, 15) is 4.79 Å². The van der Waals surface area contributed by atoms with E-state index in [2.05, 4.69) is 27.0 Å². The standard InChI is InChI=1S/C18H24N4O3/c1-2-16-20-21-17-9-8-14(12-22(16)17)19-18(23)13-24-10-11-25-15-6-4-3-5-7-15/h3-7,14H,2,8-13H2,1H3,(H,19,23)/t14-/m1/s1. The molecule has 1 aromatic heterocycles. The summed E-state index contributed by atoms with van der Waals surface area (Å²) in [5.74, 6) is 2.69. The summed E-state index contributed by atoms with van der Waals surface area (Å²) >= 11 is 0. The molecule has 0 unspecified atom stereocenters. The predicted octanol–water partition coefficient (Wildman–Crippen LogP) is 1.37. The zero-order chi connectivity index (χ0) is 17.5. The summed E-state index contributed by atoms with van der Waals surface area (Å²) in [6, 6.07) is 9.65. The van der Waals surface area contributed by atoms with Crippen LogP contribution in [0.2, 0.25) is 0 Å². The molecular formula is C18H24N4O3. The molecule has 0 aliphatic carbocycles. The first-order chi connectivity index (χ1) is 12.3. The summed E-state index contributed by atoms with van der Waals surface area (Å²) in [7, 11) is 0. The van der Waals surface area contributed by atoms with E-state index in [1.807, 2.05) is 30.3 Å². The van der Waals surface area contributed by atoms with Gasteiger partial charge >= 0.3 is 0 Å². The SMILES string of the molecule is CCc1nnc2n1C[C@H](NC(=O)COCCOc1ccccc1)CC2. The Labute approximate surface area is 147 Å². The van der Waals surface area contributed by atoms with Crippen molar-refractivity contribution in [1.82, 2.24) is 20.1 Å². The van der Waals surface area contributed by atoms with E-state index in [1.54, 1.807) is 0 Å². The molecule has 1 aromatic carbocycles. The van der Waals surface area contributed by atoms with Crippen LogP contribution < -0.4 is 10.1 Å². The molecular weight excluding hydrogens is 320 g/mol. The Balaban J connectivity index is 1.34. The predicted molar refractivity (Wildman–Crippen MR) is 92.4 cm³/mol. The maximum atomic E-state index is 12.0. The molecule has 2 heterocycles. The van der Waals surface area contributed by atoms with Crippen molar-refractivity contribution in [2.24, 2.45) is 0 Å². The number of aryl methyl sites for hydroxylation is 2. The molecule has 0 saturated carbocycles. The lowest BCUT2D eigenvalue weighted by Crippen LogP contribution is -2.43. The number of fused-ring (bicyclic) bond motifs is 1. The Kier molecular flexibility index (Phi) is 6.00. The van der Waals surface area contributed by atoms with Crippen molar-refractivity contribution >= 4 is 5.91 Å². The van der Waals surface area contributed by atoms with Gasteiger partial charge in [0.2, 0.25) is 5.91 Å². The highest BCUT2D eigenvalue weighted by molar-refractivity contribution is 5.77. The molecule has 3 rings (SSSR count). The summed E-state index contributed by atoms with van der Waals surface area (Å²) in [6.07, 6.45) is 2.56. The van der Waals surface area contributed by atoms with Gasteiger partial charge in [0, 0.05) is 25.4 Å². The van der Waals surface area contributed by atoms with Crippen molar-refractivity contribution in [3.05, 3.63) is 42.0 Å². The third-order valence-corrected chi connectivity index (χ3v) is 4.18. The molecule has 0 saturated heterocycles. The van der Waals surface area contributed by atoms with E-state index in [0.717, 1.165) is 43.2 Å². The summed E-state index contributed by atoms with van der Waals surface area (Å²) in [5, 5.41) is 11.4. The van der Waals surface area contributed by atoms with Gasteiger partial charge in [-0.15, -0.1) is 10.2 Å². The molecule has 0 spiro atoms.